The highest BCUT2D eigenvalue weighted by Gasteiger charge is 2.21. The molecule has 0 aromatic heterocycles. The number of carbonyl (C=O) groups excluding carboxylic acids is 1. The summed E-state index contributed by atoms with van der Waals surface area (Å²) in [6.45, 7) is 2.72. The van der Waals surface area contributed by atoms with E-state index in [1.807, 2.05) is 42.3 Å². The van der Waals surface area contributed by atoms with Gasteiger partial charge in [-0.25, -0.2) is 0 Å². The summed E-state index contributed by atoms with van der Waals surface area (Å²) in [5.41, 5.74) is 1.03. The van der Waals surface area contributed by atoms with Crippen molar-refractivity contribution in [1.29, 1.82) is 0 Å². The Kier molecular flexibility index (Phi) is 5.80. The molecule has 0 bridgehead atoms. The van der Waals surface area contributed by atoms with Gasteiger partial charge in [0.2, 0.25) is 5.91 Å². The molecule has 1 unspecified atom stereocenters. The zero-order chi connectivity index (χ0) is 14.4. The maximum Gasteiger partial charge on any atom is 0.246 e. The van der Waals surface area contributed by atoms with Crippen LogP contribution in [0.2, 0.25) is 0 Å². The fourth-order valence-corrected chi connectivity index (χ4v) is 3.01. The molecule has 1 amide bonds. The van der Waals surface area contributed by atoms with Gasteiger partial charge in [0.25, 0.3) is 0 Å². The lowest BCUT2D eigenvalue weighted by Gasteiger charge is -2.32. The van der Waals surface area contributed by atoms with Crippen LogP contribution in [0.25, 0.3) is 6.08 Å². The summed E-state index contributed by atoms with van der Waals surface area (Å²) in [6.07, 6.45) is 5.87. The van der Waals surface area contributed by atoms with Crippen LogP contribution in [0.3, 0.4) is 0 Å². The molecule has 1 heterocycles. The van der Waals surface area contributed by atoms with Gasteiger partial charge in [-0.05, 0) is 50.1 Å². The topological polar surface area (TPSA) is 32.3 Å². The Labute approximate surface area is 129 Å². The highest BCUT2D eigenvalue weighted by Crippen LogP contribution is 2.19. The van der Waals surface area contributed by atoms with Crippen molar-refractivity contribution in [3.8, 4) is 0 Å². The lowest BCUT2D eigenvalue weighted by Crippen LogP contribution is -2.41. The third-order valence-corrected chi connectivity index (χ3v) is 4.36. The van der Waals surface area contributed by atoms with Gasteiger partial charge >= 0.3 is 0 Å². The molecule has 2 rings (SSSR count). The number of rotatable bonds is 4. The van der Waals surface area contributed by atoms with E-state index < -0.39 is 0 Å². The summed E-state index contributed by atoms with van der Waals surface area (Å²) in [5, 5.41) is 3.20. The van der Waals surface area contributed by atoms with Gasteiger partial charge in [-0.2, -0.15) is 0 Å². The van der Waals surface area contributed by atoms with Gasteiger partial charge in [0.15, 0.2) is 0 Å². The number of amides is 1. The molecule has 0 spiro atoms. The molecule has 0 radical (unpaired) electrons. The molecule has 1 aliphatic rings. The zero-order valence-electron chi connectivity index (χ0n) is 11.8. The number of hydrogen-bond acceptors (Lipinski definition) is 2. The Morgan fingerprint density at radius 3 is 3.05 bits per heavy atom. The van der Waals surface area contributed by atoms with Crippen molar-refractivity contribution in [1.82, 2.24) is 10.2 Å². The monoisotopic (exact) mass is 336 g/mol. The fraction of sp³-hybridized carbons (Fsp3) is 0.438. The predicted octanol–water partition coefficient (Wildman–Crippen LogP) is 2.92. The first-order valence-electron chi connectivity index (χ1n) is 7.07. The number of benzene rings is 1. The number of piperidine rings is 1. The molecular formula is C16H21BrN2O. The molecule has 0 saturated carbocycles. The zero-order valence-corrected chi connectivity index (χ0v) is 13.4. The second kappa shape index (κ2) is 7.60. The van der Waals surface area contributed by atoms with Crippen molar-refractivity contribution in [2.24, 2.45) is 5.92 Å². The average Bonchev–Trinajstić information content (AvgIpc) is 2.47. The molecule has 1 atom stereocenters. The minimum atomic E-state index is 0.113. The number of carbonyl (C=O) groups is 1. The van der Waals surface area contributed by atoms with Crippen molar-refractivity contribution >= 4 is 27.9 Å². The van der Waals surface area contributed by atoms with Crippen molar-refractivity contribution < 1.29 is 4.79 Å². The van der Waals surface area contributed by atoms with Crippen molar-refractivity contribution in [3.63, 3.8) is 0 Å². The molecule has 1 saturated heterocycles. The SMILES string of the molecule is CNCC1CCCN(C(=O)C=Cc2ccccc2Br)C1. The summed E-state index contributed by atoms with van der Waals surface area (Å²) in [6, 6.07) is 7.91. The van der Waals surface area contributed by atoms with Crippen molar-refractivity contribution in [2.75, 3.05) is 26.7 Å². The van der Waals surface area contributed by atoms with Gasteiger partial charge in [0.1, 0.15) is 0 Å². The predicted molar refractivity (Wildman–Crippen MR) is 86.4 cm³/mol. The minimum absolute atomic E-state index is 0.113. The standard InChI is InChI=1S/C16H21BrN2O/c1-18-11-13-5-4-10-19(12-13)16(20)9-8-14-6-2-3-7-15(14)17/h2-3,6-9,13,18H,4-5,10-12H2,1H3. The molecular weight excluding hydrogens is 316 g/mol. The van der Waals surface area contributed by atoms with Gasteiger partial charge in [-0.15, -0.1) is 0 Å². The van der Waals surface area contributed by atoms with Crippen LogP contribution in [0, 0.1) is 5.92 Å². The normalized spacial score (nSPS) is 19.5. The molecule has 1 fully saturated rings. The average molecular weight is 337 g/mol. The Bertz CT molecular complexity index is 485. The second-order valence-electron chi connectivity index (χ2n) is 5.21. The van der Waals surface area contributed by atoms with E-state index in [0.29, 0.717) is 5.92 Å². The van der Waals surface area contributed by atoms with E-state index in [2.05, 4.69) is 21.2 Å². The summed E-state index contributed by atoms with van der Waals surface area (Å²) < 4.78 is 1.01. The highest BCUT2D eigenvalue weighted by atomic mass is 79.9. The van der Waals surface area contributed by atoms with Crippen LogP contribution in [0.5, 0.6) is 0 Å². The first-order chi connectivity index (χ1) is 9.70. The summed E-state index contributed by atoms with van der Waals surface area (Å²) in [5.74, 6) is 0.691. The third kappa shape index (κ3) is 4.18. The molecule has 3 nitrogen and oxygen atoms in total. The second-order valence-corrected chi connectivity index (χ2v) is 6.06. The Morgan fingerprint density at radius 2 is 2.30 bits per heavy atom. The molecule has 1 aromatic rings. The van der Waals surface area contributed by atoms with Crippen LogP contribution in [0.1, 0.15) is 18.4 Å². The highest BCUT2D eigenvalue weighted by molar-refractivity contribution is 9.10. The van der Waals surface area contributed by atoms with Crippen molar-refractivity contribution in [2.45, 2.75) is 12.8 Å². The first kappa shape index (κ1) is 15.3. The van der Waals surface area contributed by atoms with E-state index in [9.17, 15) is 4.79 Å². The Hall–Kier alpha value is -1.13. The van der Waals surface area contributed by atoms with Gasteiger partial charge < -0.3 is 10.2 Å². The lowest BCUT2D eigenvalue weighted by atomic mass is 9.98. The molecule has 1 aromatic carbocycles. The largest absolute Gasteiger partial charge is 0.339 e. The first-order valence-corrected chi connectivity index (χ1v) is 7.86. The Balaban J connectivity index is 1.96. The molecule has 0 aliphatic carbocycles. The van der Waals surface area contributed by atoms with E-state index >= 15 is 0 Å². The van der Waals surface area contributed by atoms with E-state index in [1.54, 1.807) is 6.08 Å². The maximum absolute atomic E-state index is 12.2. The summed E-state index contributed by atoms with van der Waals surface area (Å²) in [4.78, 5) is 14.2. The quantitative estimate of drug-likeness (QED) is 0.857. The summed E-state index contributed by atoms with van der Waals surface area (Å²) in [7, 11) is 1.97. The van der Waals surface area contributed by atoms with Crippen LogP contribution in [0.4, 0.5) is 0 Å². The van der Waals surface area contributed by atoms with E-state index in [-0.39, 0.29) is 5.91 Å². The number of nitrogens with one attached hydrogen (secondary N) is 1. The van der Waals surface area contributed by atoms with Crippen molar-refractivity contribution in [3.05, 3.63) is 40.4 Å². The van der Waals surface area contributed by atoms with E-state index in [1.165, 1.54) is 6.42 Å². The molecule has 1 aliphatic heterocycles. The fourth-order valence-electron chi connectivity index (χ4n) is 2.60. The van der Waals surface area contributed by atoms with Crippen LogP contribution < -0.4 is 5.32 Å². The van der Waals surface area contributed by atoms with Gasteiger partial charge in [0.05, 0.1) is 0 Å². The van der Waals surface area contributed by atoms with E-state index in [4.69, 9.17) is 0 Å². The van der Waals surface area contributed by atoms with Gasteiger partial charge in [-0.3, -0.25) is 4.79 Å². The number of likely N-dealkylation sites (tertiary alicyclic amines) is 1. The van der Waals surface area contributed by atoms with Crippen LogP contribution in [0.15, 0.2) is 34.8 Å². The van der Waals surface area contributed by atoms with Gasteiger partial charge in [0, 0.05) is 23.6 Å². The Morgan fingerprint density at radius 1 is 1.50 bits per heavy atom. The number of halogens is 1. The third-order valence-electron chi connectivity index (χ3n) is 3.63. The number of hydrogen-bond donors (Lipinski definition) is 1. The van der Waals surface area contributed by atoms with Crippen LogP contribution >= 0.6 is 15.9 Å². The summed E-state index contributed by atoms with van der Waals surface area (Å²) >= 11 is 3.49. The lowest BCUT2D eigenvalue weighted by molar-refractivity contribution is -0.127. The molecule has 1 N–H and O–H groups in total. The number of nitrogens with zero attached hydrogens (tertiary/aromatic N) is 1. The van der Waals surface area contributed by atoms with Crippen LogP contribution in [-0.2, 0) is 4.79 Å². The molecule has 20 heavy (non-hydrogen) atoms. The van der Waals surface area contributed by atoms with Crippen LogP contribution in [-0.4, -0.2) is 37.5 Å². The molecule has 108 valence electrons. The van der Waals surface area contributed by atoms with E-state index in [0.717, 1.165) is 36.1 Å². The molecule has 4 heteroatoms. The maximum atomic E-state index is 12.2. The van der Waals surface area contributed by atoms with Gasteiger partial charge in [-0.1, -0.05) is 34.1 Å². The smallest absolute Gasteiger partial charge is 0.246 e. The minimum Gasteiger partial charge on any atom is -0.339 e.